The molecule has 0 spiro atoms. The highest BCUT2D eigenvalue weighted by Crippen LogP contribution is 2.29. The summed E-state index contributed by atoms with van der Waals surface area (Å²) in [6.45, 7) is 2.92. The molecule has 1 aromatic rings. The minimum absolute atomic E-state index is 0.538. The van der Waals surface area contributed by atoms with Gasteiger partial charge >= 0.3 is 0 Å². The first-order valence-corrected chi connectivity index (χ1v) is 5.76. The van der Waals surface area contributed by atoms with Crippen molar-refractivity contribution in [1.29, 1.82) is 0 Å². The van der Waals surface area contributed by atoms with Crippen molar-refractivity contribution in [1.82, 2.24) is 9.88 Å². The van der Waals surface area contributed by atoms with E-state index in [9.17, 15) is 0 Å². The van der Waals surface area contributed by atoms with E-state index in [0.717, 1.165) is 13.1 Å². The van der Waals surface area contributed by atoms with Gasteiger partial charge in [-0.1, -0.05) is 12.5 Å². The fourth-order valence-corrected chi connectivity index (χ4v) is 2.38. The smallest absolute Gasteiger partial charge is 0.0363 e. The zero-order valence-electron chi connectivity index (χ0n) is 9.10. The molecule has 3 heteroatoms. The summed E-state index contributed by atoms with van der Waals surface area (Å²) in [7, 11) is 0. The van der Waals surface area contributed by atoms with Gasteiger partial charge < -0.3 is 5.73 Å². The fraction of sp³-hybridized carbons (Fsp3) is 0.583. The molecule has 15 heavy (non-hydrogen) atoms. The Balaban J connectivity index is 2.11. The highest BCUT2D eigenvalue weighted by Gasteiger charge is 2.22. The minimum Gasteiger partial charge on any atom is -0.329 e. The Bertz CT molecular complexity index is 284. The second-order valence-corrected chi connectivity index (χ2v) is 4.12. The quantitative estimate of drug-likeness (QED) is 0.814. The molecule has 0 radical (unpaired) electrons. The lowest BCUT2D eigenvalue weighted by molar-refractivity contribution is 0.153. The molecule has 1 saturated heterocycles. The number of piperidine rings is 1. The molecular formula is C12H19N3. The van der Waals surface area contributed by atoms with E-state index in [4.69, 9.17) is 5.73 Å². The Morgan fingerprint density at radius 3 is 3.13 bits per heavy atom. The van der Waals surface area contributed by atoms with Crippen molar-refractivity contribution in [3.05, 3.63) is 30.1 Å². The van der Waals surface area contributed by atoms with Crippen molar-refractivity contribution in [2.24, 2.45) is 5.73 Å². The fourth-order valence-electron chi connectivity index (χ4n) is 2.38. The van der Waals surface area contributed by atoms with Gasteiger partial charge in [-0.2, -0.15) is 0 Å². The number of hydrogen-bond donors (Lipinski definition) is 1. The normalized spacial score (nSPS) is 22.9. The van der Waals surface area contributed by atoms with E-state index in [-0.39, 0.29) is 0 Å². The van der Waals surface area contributed by atoms with Crippen molar-refractivity contribution in [2.75, 3.05) is 19.6 Å². The first kappa shape index (κ1) is 10.6. The first-order valence-electron chi connectivity index (χ1n) is 5.76. The van der Waals surface area contributed by atoms with E-state index >= 15 is 0 Å². The molecule has 2 N–H and O–H groups in total. The molecule has 0 bridgehead atoms. The summed E-state index contributed by atoms with van der Waals surface area (Å²) in [4.78, 5) is 6.68. The van der Waals surface area contributed by atoms with Crippen molar-refractivity contribution in [3.63, 3.8) is 0 Å². The van der Waals surface area contributed by atoms with E-state index in [1.807, 2.05) is 18.5 Å². The van der Waals surface area contributed by atoms with Crippen LogP contribution in [0.1, 0.15) is 30.9 Å². The molecule has 2 rings (SSSR count). The topological polar surface area (TPSA) is 42.1 Å². The van der Waals surface area contributed by atoms with Crippen molar-refractivity contribution in [2.45, 2.75) is 25.3 Å². The van der Waals surface area contributed by atoms with E-state index in [0.29, 0.717) is 6.04 Å². The van der Waals surface area contributed by atoms with Gasteiger partial charge in [0.1, 0.15) is 0 Å². The Labute approximate surface area is 91.3 Å². The van der Waals surface area contributed by atoms with E-state index in [1.165, 1.54) is 31.4 Å². The summed E-state index contributed by atoms with van der Waals surface area (Å²) in [6.07, 6.45) is 7.68. The summed E-state index contributed by atoms with van der Waals surface area (Å²) in [5, 5.41) is 0. The van der Waals surface area contributed by atoms with Crippen molar-refractivity contribution < 1.29 is 0 Å². The summed E-state index contributed by atoms with van der Waals surface area (Å²) < 4.78 is 0. The van der Waals surface area contributed by atoms with Gasteiger partial charge in [-0.15, -0.1) is 0 Å². The van der Waals surface area contributed by atoms with E-state index < -0.39 is 0 Å². The average Bonchev–Trinajstić information content (AvgIpc) is 2.31. The Hall–Kier alpha value is -0.930. The maximum Gasteiger partial charge on any atom is 0.0363 e. The van der Waals surface area contributed by atoms with Crippen molar-refractivity contribution >= 4 is 0 Å². The minimum atomic E-state index is 0.538. The molecular weight excluding hydrogens is 186 g/mol. The number of hydrogen-bond acceptors (Lipinski definition) is 3. The number of nitrogens with zero attached hydrogens (tertiary/aromatic N) is 2. The molecule has 1 aliphatic heterocycles. The molecule has 2 heterocycles. The lowest BCUT2D eigenvalue weighted by Crippen LogP contribution is -2.37. The van der Waals surface area contributed by atoms with Gasteiger partial charge in [0.15, 0.2) is 0 Å². The third kappa shape index (κ3) is 2.55. The second kappa shape index (κ2) is 5.24. The van der Waals surface area contributed by atoms with Crippen LogP contribution in [0.5, 0.6) is 0 Å². The Kier molecular flexibility index (Phi) is 3.69. The molecule has 0 unspecified atom stereocenters. The summed E-state index contributed by atoms with van der Waals surface area (Å²) in [5.74, 6) is 0. The number of pyridine rings is 1. The molecule has 0 aromatic carbocycles. The number of rotatable bonds is 3. The largest absolute Gasteiger partial charge is 0.329 e. The maximum absolute atomic E-state index is 5.64. The zero-order chi connectivity index (χ0) is 10.5. The number of aromatic nitrogens is 1. The molecule has 1 atom stereocenters. The predicted molar refractivity (Wildman–Crippen MR) is 61.5 cm³/mol. The van der Waals surface area contributed by atoms with Crippen LogP contribution in [-0.2, 0) is 0 Å². The summed E-state index contributed by atoms with van der Waals surface area (Å²) >= 11 is 0. The third-order valence-corrected chi connectivity index (χ3v) is 3.10. The number of likely N-dealkylation sites (tertiary alicyclic amines) is 1. The summed E-state index contributed by atoms with van der Waals surface area (Å²) in [6, 6.07) is 4.73. The van der Waals surface area contributed by atoms with Crippen LogP contribution in [0.25, 0.3) is 0 Å². The standard InChI is InChI=1S/C12H19N3/c13-6-9-15-8-2-1-5-12(15)11-4-3-7-14-10-11/h3-4,7,10,12H,1-2,5-6,8-9,13H2/t12-/m1/s1. The maximum atomic E-state index is 5.64. The molecule has 82 valence electrons. The molecule has 0 saturated carbocycles. The molecule has 3 nitrogen and oxygen atoms in total. The highest BCUT2D eigenvalue weighted by atomic mass is 15.2. The first-order chi connectivity index (χ1) is 7.42. The van der Waals surface area contributed by atoms with Crippen LogP contribution in [0.15, 0.2) is 24.5 Å². The lowest BCUT2D eigenvalue weighted by atomic mass is 9.96. The van der Waals surface area contributed by atoms with Crippen LogP contribution in [0.4, 0.5) is 0 Å². The van der Waals surface area contributed by atoms with Gasteiger partial charge in [0, 0.05) is 31.5 Å². The van der Waals surface area contributed by atoms with Gasteiger partial charge in [-0.05, 0) is 31.0 Å². The van der Waals surface area contributed by atoms with Gasteiger partial charge in [0.05, 0.1) is 0 Å². The van der Waals surface area contributed by atoms with Gasteiger partial charge in [0.2, 0.25) is 0 Å². The van der Waals surface area contributed by atoms with Crippen LogP contribution in [0.2, 0.25) is 0 Å². The van der Waals surface area contributed by atoms with Crippen LogP contribution in [0, 0.1) is 0 Å². The molecule has 1 fully saturated rings. The molecule has 1 aromatic heterocycles. The predicted octanol–water partition coefficient (Wildman–Crippen LogP) is 1.57. The monoisotopic (exact) mass is 205 g/mol. The van der Waals surface area contributed by atoms with E-state index in [2.05, 4.69) is 16.0 Å². The van der Waals surface area contributed by atoms with Gasteiger partial charge in [0.25, 0.3) is 0 Å². The molecule has 0 aliphatic carbocycles. The SMILES string of the molecule is NCCN1CCCC[C@@H]1c1cccnc1. The molecule has 1 aliphatic rings. The van der Waals surface area contributed by atoms with Crippen LogP contribution in [-0.4, -0.2) is 29.5 Å². The third-order valence-electron chi connectivity index (χ3n) is 3.10. The number of nitrogens with two attached hydrogens (primary N) is 1. The van der Waals surface area contributed by atoms with Gasteiger partial charge in [-0.25, -0.2) is 0 Å². The van der Waals surface area contributed by atoms with Gasteiger partial charge in [-0.3, -0.25) is 9.88 Å². The van der Waals surface area contributed by atoms with Crippen LogP contribution >= 0.6 is 0 Å². The van der Waals surface area contributed by atoms with Crippen molar-refractivity contribution in [3.8, 4) is 0 Å². The average molecular weight is 205 g/mol. The van der Waals surface area contributed by atoms with Crippen LogP contribution < -0.4 is 5.73 Å². The molecule has 0 amide bonds. The zero-order valence-corrected chi connectivity index (χ0v) is 9.10. The highest BCUT2D eigenvalue weighted by molar-refractivity contribution is 5.14. The van der Waals surface area contributed by atoms with E-state index in [1.54, 1.807) is 0 Å². The summed E-state index contributed by atoms with van der Waals surface area (Å²) in [5.41, 5.74) is 6.98. The Morgan fingerprint density at radius 2 is 2.40 bits per heavy atom. The van der Waals surface area contributed by atoms with Crippen LogP contribution in [0.3, 0.4) is 0 Å². The Morgan fingerprint density at radius 1 is 1.47 bits per heavy atom. The lowest BCUT2D eigenvalue weighted by Gasteiger charge is -2.35. The second-order valence-electron chi connectivity index (χ2n) is 4.12.